The second kappa shape index (κ2) is 5.88. The van der Waals surface area contributed by atoms with E-state index in [0.717, 1.165) is 5.56 Å². The number of hydrogen-bond acceptors (Lipinski definition) is 4. The molecule has 0 radical (unpaired) electrons. The van der Waals surface area contributed by atoms with Crippen molar-refractivity contribution in [2.75, 3.05) is 26.2 Å². The van der Waals surface area contributed by atoms with Crippen LogP contribution in [0, 0.1) is 0 Å². The molecule has 0 saturated carbocycles. The molecule has 0 amide bonds. The number of thioether (sulfide) groups is 1. The summed E-state index contributed by atoms with van der Waals surface area (Å²) in [6, 6.07) is 5.48. The van der Waals surface area contributed by atoms with Crippen molar-refractivity contribution in [3.63, 3.8) is 0 Å². The van der Waals surface area contributed by atoms with Crippen LogP contribution in [0.4, 0.5) is 0 Å². The predicted octanol–water partition coefficient (Wildman–Crippen LogP) is 2.10. The Kier molecular flexibility index (Phi) is 4.78. The Bertz CT molecular complexity index is 292. The fraction of sp³-hybridized carbons (Fsp3) is 0.455. The summed E-state index contributed by atoms with van der Waals surface area (Å²) in [4.78, 5) is 0. The van der Waals surface area contributed by atoms with Crippen LogP contribution >= 0.6 is 11.8 Å². The van der Waals surface area contributed by atoms with Crippen molar-refractivity contribution in [1.82, 2.24) is 0 Å². The molecule has 0 aliphatic rings. The molecular weight excluding hydrogens is 212 g/mol. The second-order valence-electron chi connectivity index (χ2n) is 3.05. The zero-order valence-corrected chi connectivity index (χ0v) is 10.0. The van der Waals surface area contributed by atoms with Crippen LogP contribution in [0.5, 0.6) is 11.5 Å². The largest absolute Gasteiger partial charge is 0.496 e. The van der Waals surface area contributed by atoms with E-state index in [9.17, 15) is 5.11 Å². The first-order valence-corrected chi connectivity index (χ1v) is 6.01. The molecule has 1 aromatic carbocycles. The van der Waals surface area contributed by atoms with E-state index >= 15 is 0 Å². The summed E-state index contributed by atoms with van der Waals surface area (Å²) in [5, 5.41) is 9.96. The Labute approximate surface area is 94.4 Å². The standard InChI is InChI=1S/C11H16O3S/c1-13-9-5-4-6-10(14-2)11(9)8(12)7-15-3/h4-6,8,12H,7H2,1-3H3. The zero-order valence-electron chi connectivity index (χ0n) is 9.19. The third-order valence-corrected chi connectivity index (χ3v) is 2.77. The molecule has 0 saturated heterocycles. The van der Waals surface area contributed by atoms with Crippen molar-refractivity contribution in [1.29, 1.82) is 0 Å². The van der Waals surface area contributed by atoms with Crippen LogP contribution in [0.25, 0.3) is 0 Å². The lowest BCUT2D eigenvalue weighted by Gasteiger charge is -2.17. The lowest BCUT2D eigenvalue weighted by molar-refractivity contribution is 0.193. The first-order valence-electron chi connectivity index (χ1n) is 4.62. The van der Waals surface area contributed by atoms with E-state index in [1.807, 2.05) is 24.5 Å². The number of rotatable bonds is 5. The van der Waals surface area contributed by atoms with E-state index in [1.165, 1.54) is 0 Å². The van der Waals surface area contributed by atoms with Gasteiger partial charge >= 0.3 is 0 Å². The molecule has 0 fully saturated rings. The van der Waals surface area contributed by atoms with Crippen LogP contribution < -0.4 is 9.47 Å². The van der Waals surface area contributed by atoms with Gasteiger partial charge in [0.05, 0.1) is 25.9 Å². The number of ether oxygens (including phenoxy) is 2. The first-order chi connectivity index (χ1) is 7.24. The van der Waals surface area contributed by atoms with E-state index in [-0.39, 0.29) is 0 Å². The minimum Gasteiger partial charge on any atom is -0.496 e. The molecule has 1 atom stereocenters. The number of hydrogen-bond donors (Lipinski definition) is 1. The fourth-order valence-electron chi connectivity index (χ4n) is 1.45. The third-order valence-electron chi connectivity index (χ3n) is 2.12. The van der Waals surface area contributed by atoms with Gasteiger partial charge in [0.15, 0.2) is 0 Å². The highest BCUT2D eigenvalue weighted by atomic mass is 32.2. The van der Waals surface area contributed by atoms with Crippen LogP contribution in [-0.2, 0) is 0 Å². The molecule has 0 bridgehead atoms. The number of aliphatic hydroxyl groups excluding tert-OH is 1. The van der Waals surface area contributed by atoms with Crippen molar-refractivity contribution in [2.45, 2.75) is 6.10 Å². The Hall–Kier alpha value is -0.870. The highest BCUT2D eigenvalue weighted by Gasteiger charge is 2.17. The molecule has 4 heteroatoms. The summed E-state index contributed by atoms with van der Waals surface area (Å²) < 4.78 is 10.4. The van der Waals surface area contributed by atoms with Crippen molar-refractivity contribution in [2.24, 2.45) is 0 Å². The van der Waals surface area contributed by atoms with Crippen LogP contribution in [0.2, 0.25) is 0 Å². The van der Waals surface area contributed by atoms with Crippen LogP contribution in [-0.4, -0.2) is 31.3 Å². The van der Waals surface area contributed by atoms with E-state index in [4.69, 9.17) is 9.47 Å². The van der Waals surface area contributed by atoms with Gasteiger partial charge < -0.3 is 14.6 Å². The SMILES string of the molecule is COc1cccc(OC)c1C(O)CSC. The Balaban J connectivity index is 3.09. The van der Waals surface area contributed by atoms with Crippen molar-refractivity contribution in [3.8, 4) is 11.5 Å². The molecule has 15 heavy (non-hydrogen) atoms. The molecule has 3 nitrogen and oxygen atoms in total. The average molecular weight is 228 g/mol. The molecule has 0 spiro atoms. The Morgan fingerprint density at radius 3 is 2.20 bits per heavy atom. The number of benzene rings is 1. The van der Waals surface area contributed by atoms with Crippen molar-refractivity contribution < 1.29 is 14.6 Å². The van der Waals surface area contributed by atoms with Gasteiger partial charge in [-0.15, -0.1) is 0 Å². The van der Waals surface area contributed by atoms with Gasteiger partial charge in [0.25, 0.3) is 0 Å². The molecular formula is C11H16O3S. The summed E-state index contributed by atoms with van der Waals surface area (Å²) in [7, 11) is 3.17. The average Bonchev–Trinajstić information content (AvgIpc) is 2.28. The maximum atomic E-state index is 9.96. The van der Waals surface area contributed by atoms with Crippen LogP contribution in [0.15, 0.2) is 18.2 Å². The molecule has 1 aromatic rings. The minimum atomic E-state index is -0.564. The van der Waals surface area contributed by atoms with E-state index in [0.29, 0.717) is 17.3 Å². The van der Waals surface area contributed by atoms with E-state index < -0.39 is 6.10 Å². The predicted molar refractivity (Wildman–Crippen MR) is 62.9 cm³/mol. The van der Waals surface area contributed by atoms with Crippen molar-refractivity contribution in [3.05, 3.63) is 23.8 Å². The molecule has 0 aromatic heterocycles. The van der Waals surface area contributed by atoms with Gasteiger partial charge in [0, 0.05) is 5.75 Å². The maximum Gasteiger partial charge on any atom is 0.128 e. The summed E-state index contributed by atoms with van der Waals surface area (Å²) in [5.41, 5.74) is 0.719. The first kappa shape index (κ1) is 12.2. The molecule has 1 unspecified atom stereocenters. The number of methoxy groups -OCH3 is 2. The van der Waals surface area contributed by atoms with E-state index in [1.54, 1.807) is 26.0 Å². The summed E-state index contributed by atoms with van der Waals surface area (Å²) in [6.07, 6.45) is 1.39. The van der Waals surface area contributed by atoms with Gasteiger partial charge in [-0.25, -0.2) is 0 Å². The van der Waals surface area contributed by atoms with Crippen molar-refractivity contribution >= 4 is 11.8 Å². The maximum absolute atomic E-state index is 9.96. The molecule has 84 valence electrons. The lowest BCUT2D eigenvalue weighted by atomic mass is 10.1. The summed E-state index contributed by atoms with van der Waals surface area (Å²) in [6.45, 7) is 0. The smallest absolute Gasteiger partial charge is 0.128 e. The summed E-state index contributed by atoms with van der Waals surface area (Å²) >= 11 is 1.58. The van der Waals surface area contributed by atoms with E-state index in [2.05, 4.69) is 0 Å². The number of aliphatic hydroxyl groups is 1. The zero-order chi connectivity index (χ0) is 11.3. The van der Waals surface area contributed by atoms with Gasteiger partial charge in [-0.05, 0) is 18.4 Å². The Morgan fingerprint density at radius 1 is 1.27 bits per heavy atom. The van der Waals surface area contributed by atoms with Gasteiger partial charge in [0.2, 0.25) is 0 Å². The van der Waals surface area contributed by atoms with Gasteiger partial charge in [-0.1, -0.05) is 6.07 Å². The third kappa shape index (κ3) is 2.79. The second-order valence-corrected chi connectivity index (χ2v) is 3.96. The molecule has 0 aliphatic carbocycles. The molecule has 0 aliphatic heterocycles. The minimum absolute atomic E-state index is 0.564. The topological polar surface area (TPSA) is 38.7 Å². The molecule has 0 heterocycles. The van der Waals surface area contributed by atoms with Gasteiger partial charge in [-0.2, -0.15) is 11.8 Å². The Morgan fingerprint density at radius 2 is 1.80 bits per heavy atom. The van der Waals surface area contributed by atoms with Gasteiger partial charge in [0.1, 0.15) is 11.5 Å². The highest BCUT2D eigenvalue weighted by Crippen LogP contribution is 2.34. The van der Waals surface area contributed by atoms with Gasteiger partial charge in [-0.3, -0.25) is 0 Å². The fourth-order valence-corrected chi connectivity index (χ4v) is 1.93. The monoisotopic (exact) mass is 228 g/mol. The highest BCUT2D eigenvalue weighted by molar-refractivity contribution is 7.98. The molecule has 1 rings (SSSR count). The lowest BCUT2D eigenvalue weighted by Crippen LogP contribution is -2.05. The molecule has 1 N–H and O–H groups in total. The van der Waals surface area contributed by atoms with Crippen LogP contribution in [0.1, 0.15) is 11.7 Å². The quantitative estimate of drug-likeness (QED) is 0.837. The normalized spacial score (nSPS) is 12.3. The van der Waals surface area contributed by atoms with Crippen LogP contribution in [0.3, 0.4) is 0 Å². The summed E-state index contributed by atoms with van der Waals surface area (Å²) in [5.74, 6) is 1.95.